The highest BCUT2D eigenvalue weighted by molar-refractivity contribution is 7.10. The molecule has 1 fully saturated rings. The molecule has 0 aliphatic heterocycles. The van der Waals surface area contributed by atoms with E-state index in [0.29, 0.717) is 0 Å². The topological polar surface area (TPSA) is 86.6 Å². The maximum Gasteiger partial charge on any atom is 0.337 e. The highest BCUT2D eigenvalue weighted by Crippen LogP contribution is 2.41. The van der Waals surface area contributed by atoms with Crippen LogP contribution in [-0.2, 0) is 15.0 Å². The Hall–Kier alpha value is -1.40. The lowest BCUT2D eigenvalue weighted by atomic mass is 9.72. The van der Waals surface area contributed by atoms with Crippen LogP contribution in [0.15, 0.2) is 17.5 Å². The second-order valence-electron chi connectivity index (χ2n) is 5.88. The minimum atomic E-state index is -1.94. The summed E-state index contributed by atoms with van der Waals surface area (Å²) in [5, 5.41) is 23.2. The predicted octanol–water partition coefficient (Wildman–Crippen LogP) is 1.90. The van der Waals surface area contributed by atoms with Crippen molar-refractivity contribution in [3.05, 3.63) is 22.4 Å². The Morgan fingerprint density at radius 2 is 2.05 bits per heavy atom. The summed E-state index contributed by atoms with van der Waals surface area (Å²) in [7, 11) is 0. The summed E-state index contributed by atoms with van der Waals surface area (Å²) in [4.78, 5) is 24.6. The Morgan fingerprint density at radius 3 is 2.57 bits per heavy atom. The lowest BCUT2D eigenvalue weighted by Gasteiger charge is -2.35. The third-order valence-electron chi connectivity index (χ3n) is 4.19. The van der Waals surface area contributed by atoms with Gasteiger partial charge in [0.25, 0.3) is 0 Å². The lowest BCUT2D eigenvalue weighted by molar-refractivity contribution is -0.156. The number of amides is 1. The number of carboxylic acids is 1. The average molecular weight is 311 g/mol. The minimum absolute atomic E-state index is 0.175. The Labute approximate surface area is 128 Å². The number of carbonyl (C=O) groups is 2. The first-order valence-electron chi connectivity index (χ1n) is 7.16. The Kier molecular flexibility index (Phi) is 4.68. The molecular formula is C15H21NO4S. The van der Waals surface area contributed by atoms with Gasteiger partial charge in [-0.15, -0.1) is 11.3 Å². The van der Waals surface area contributed by atoms with E-state index in [2.05, 4.69) is 5.32 Å². The summed E-state index contributed by atoms with van der Waals surface area (Å²) in [6, 6.07) is 3.89. The fraction of sp³-hybridized carbons (Fsp3) is 0.600. The Bertz CT molecular complexity index is 504. The number of carboxylic acid groups (broad SMARTS) is 1. The van der Waals surface area contributed by atoms with Gasteiger partial charge >= 0.3 is 5.97 Å². The molecule has 0 spiro atoms. The number of rotatable bonds is 5. The molecule has 3 N–H and O–H groups in total. The van der Waals surface area contributed by atoms with E-state index in [9.17, 15) is 14.7 Å². The first-order valence-corrected chi connectivity index (χ1v) is 8.04. The van der Waals surface area contributed by atoms with Gasteiger partial charge in [-0.3, -0.25) is 4.79 Å². The maximum absolute atomic E-state index is 12.7. The van der Waals surface area contributed by atoms with Gasteiger partial charge in [0.1, 0.15) is 0 Å². The van der Waals surface area contributed by atoms with E-state index in [1.807, 2.05) is 17.5 Å². The number of hydrogen-bond donors (Lipinski definition) is 3. The van der Waals surface area contributed by atoms with Crippen molar-refractivity contribution in [3.63, 3.8) is 0 Å². The molecule has 116 valence electrons. The van der Waals surface area contributed by atoms with Crippen molar-refractivity contribution in [1.82, 2.24) is 5.32 Å². The molecule has 1 amide bonds. The molecule has 2 rings (SSSR count). The van der Waals surface area contributed by atoms with Gasteiger partial charge in [-0.25, -0.2) is 4.79 Å². The normalized spacial score (nSPS) is 20.5. The number of nitrogens with one attached hydrogen (secondary N) is 1. The van der Waals surface area contributed by atoms with Crippen LogP contribution in [0.4, 0.5) is 0 Å². The van der Waals surface area contributed by atoms with Crippen LogP contribution < -0.4 is 5.32 Å². The van der Waals surface area contributed by atoms with Crippen molar-refractivity contribution < 1.29 is 19.8 Å². The Balaban J connectivity index is 2.15. The zero-order valence-electron chi connectivity index (χ0n) is 12.1. The van der Waals surface area contributed by atoms with Gasteiger partial charge in [0.2, 0.25) is 5.91 Å². The van der Waals surface area contributed by atoms with E-state index in [1.165, 1.54) is 6.92 Å². The van der Waals surface area contributed by atoms with Crippen LogP contribution in [0.5, 0.6) is 0 Å². The summed E-state index contributed by atoms with van der Waals surface area (Å²) >= 11 is 1.56. The quantitative estimate of drug-likeness (QED) is 0.775. The zero-order valence-corrected chi connectivity index (χ0v) is 12.9. The number of aliphatic hydroxyl groups is 1. The number of carbonyl (C=O) groups excluding carboxylic acids is 1. The van der Waals surface area contributed by atoms with Gasteiger partial charge in [0.05, 0.1) is 12.0 Å². The summed E-state index contributed by atoms with van der Waals surface area (Å²) in [5.41, 5.74) is -2.51. The van der Waals surface area contributed by atoms with Gasteiger partial charge < -0.3 is 15.5 Å². The van der Waals surface area contributed by atoms with E-state index >= 15 is 0 Å². The predicted molar refractivity (Wildman–Crippen MR) is 80.4 cm³/mol. The van der Waals surface area contributed by atoms with Crippen LogP contribution >= 0.6 is 11.3 Å². The fourth-order valence-corrected chi connectivity index (χ4v) is 3.77. The molecule has 6 heteroatoms. The molecule has 1 heterocycles. The molecule has 0 aromatic carbocycles. The molecule has 1 saturated carbocycles. The van der Waals surface area contributed by atoms with Crippen LogP contribution in [0.25, 0.3) is 0 Å². The van der Waals surface area contributed by atoms with Gasteiger partial charge in [-0.1, -0.05) is 25.3 Å². The first-order chi connectivity index (χ1) is 9.88. The van der Waals surface area contributed by atoms with Crippen LogP contribution in [-0.4, -0.2) is 34.2 Å². The third kappa shape index (κ3) is 3.27. The fourth-order valence-electron chi connectivity index (χ4n) is 2.79. The molecule has 0 saturated heterocycles. The molecule has 1 aromatic heterocycles. The van der Waals surface area contributed by atoms with Crippen LogP contribution in [0, 0.1) is 0 Å². The van der Waals surface area contributed by atoms with E-state index in [0.717, 1.165) is 37.0 Å². The van der Waals surface area contributed by atoms with Crippen molar-refractivity contribution in [3.8, 4) is 0 Å². The summed E-state index contributed by atoms with van der Waals surface area (Å²) < 4.78 is 0. The molecule has 1 aliphatic rings. The molecule has 0 radical (unpaired) electrons. The smallest absolute Gasteiger partial charge is 0.337 e. The SMILES string of the molecule is CC(O)(CNC(=O)C1(c2cccs2)CCCCC1)C(=O)O. The molecule has 5 nitrogen and oxygen atoms in total. The first kappa shape index (κ1) is 16.0. The average Bonchev–Trinajstić information content (AvgIpc) is 3.00. The monoisotopic (exact) mass is 311 g/mol. The standard InChI is InChI=1S/C15H21NO4S/c1-14(20,13(18)19)10-16-12(17)15(7-3-2-4-8-15)11-6-5-9-21-11/h5-6,9,20H,2-4,7-8,10H2,1H3,(H,16,17)(H,18,19). The van der Waals surface area contributed by atoms with Gasteiger partial charge in [0.15, 0.2) is 5.60 Å². The summed E-state index contributed by atoms with van der Waals surface area (Å²) in [6.07, 6.45) is 4.64. The maximum atomic E-state index is 12.7. The third-order valence-corrected chi connectivity index (χ3v) is 5.26. The lowest BCUT2D eigenvalue weighted by Crippen LogP contribution is -2.52. The second-order valence-corrected chi connectivity index (χ2v) is 6.83. The molecule has 1 aliphatic carbocycles. The Morgan fingerprint density at radius 1 is 1.38 bits per heavy atom. The van der Waals surface area contributed by atoms with E-state index in [1.54, 1.807) is 11.3 Å². The van der Waals surface area contributed by atoms with E-state index in [-0.39, 0.29) is 12.5 Å². The highest BCUT2D eigenvalue weighted by Gasteiger charge is 2.43. The molecule has 1 aromatic rings. The van der Waals surface area contributed by atoms with Crippen LogP contribution in [0.3, 0.4) is 0 Å². The van der Waals surface area contributed by atoms with Gasteiger partial charge in [0, 0.05) is 4.88 Å². The van der Waals surface area contributed by atoms with E-state index < -0.39 is 17.0 Å². The molecule has 1 unspecified atom stereocenters. The highest BCUT2D eigenvalue weighted by atomic mass is 32.1. The number of thiophene rings is 1. The van der Waals surface area contributed by atoms with Gasteiger partial charge in [-0.2, -0.15) is 0 Å². The molecule has 1 atom stereocenters. The number of aliphatic carboxylic acids is 1. The van der Waals surface area contributed by atoms with Crippen LogP contribution in [0.2, 0.25) is 0 Å². The molecule has 21 heavy (non-hydrogen) atoms. The van der Waals surface area contributed by atoms with E-state index in [4.69, 9.17) is 5.11 Å². The second kappa shape index (κ2) is 6.15. The summed E-state index contributed by atoms with van der Waals surface area (Å²) in [6.45, 7) is 0.905. The minimum Gasteiger partial charge on any atom is -0.479 e. The van der Waals surface area contributed by atoms with Crippen molar-refractivity contribution in [2.45, 2.75) is 50.0 Å². The summed E-state index contributed by atoms with van der Waals surface area (Å²) in [5.74, 6) is -1.51. The van der Waals surface area contributed by atoms with Crippen molar-refractivity contribution >= 4 is 23.2 Å². The van der Waals surface area contributed by atoms with Gasteiger partial charge in [-0.05, 0) is 31.2 Å². The van der Waals surface area contributed by atoms with Crippen molar-refractivity contribution in [2.75, 3.05) is 6.54 Å². The zero-order chi connectivity index (χ0) is 15.5. The number of hydrogen-bond acceptors (Lipinski definition) is 4. The van der Waals surface area contributed by atoms with Crippen molar-refractivity contribution in [2.24, 2.45) is 0 Å². The van der Waals surface area contributed by atoms with Crippen molar-refractivity contribution in [1.29, 1.82) is 0 Å². The molecular weight excluding hydrogens is 290 g/mol. The largest absolute Gasteiger partial charge is 0.479 e. The molecule has 0 bridgehead atoms. The van der Waals surface area contributed by atoms with Crippen LogP contribution in [0.1, 0.15) is 43.9 Å².